The van der Waals surface area contributed by atoms with E-state index in [4.69, 9.17) is 19.8 Å². The molecule has 0 bridgehead atoms. The first-order chi connectivity index (χ1) is 10.7. The molecular weight excluding hydrogens is 354 g/mol. The lowest BCUT2D eigenvalue weighted by Crippen LogP contribution is -2.21. The Labute approximate surface area is 129 Å². The van der Waals surface area contributed by atoms with Gasteiger partial charge in [-0.3, -0.25) is 9.78 Å². The molecule has 0 radical (unpaired) electrons. The molecule has 1 aromatic heterocycles. The van der Waals surface area contributed by atoms with Gasteiger partial charge in [0.25, 0.3) is 5.91 Å². The smallest absolute Gasteiger partial charge is 0.475 e. The summed E-state index contributed by atoms with van der Waals surface area (Å²) in [6, 6.07) is 5.21. The molecule has 0 saturated heterocycles. The summed E-state index contributed by atoms with van der Waals surface area (Å²) >= 11 is 0. The van der Waals surface area contributed by atoms with Gasteiger partial charge in [0.2, 0.25) is 0 Å². The molecule has 0 unspecified atom stereocenters. The summed E-state index contributed by atoms with van der Waals surface area (Å²) in [6.45, 7) is 0. The minimum Gasteiger partial charge on any atom is -0.475 e. The number of alkyl halides is 6. The molecule has 0 saturated carbocycles. The first-order valence-electron chi connectivity index (χ1n) is 5.46. The van der Waals surface area contributed by atoms with E-state index in [0.29, 0.717) is 5.69 Å². The van der Waals surface area contributed by atoms with Gasteiger partial charge in [-0.05, 0) is 12.1 Å². The third kappa shape index (κ3) is 11.8. The van der Waals surface area contributed by atoms with E-state index in [1.165, 1.54) is 0 Å². The van der Waals surface area contributed by atoms with E-state index in [-0.39, 0.29) is 5.91 Å². The number of aliphatic carboxylic acids is 2. The van der Waals surface area contributed by atoms with Gasteiger partial charge in [-0.1, -0.05) is 6.07 Å². The minimum atomic E-state index is -5.08. The van der Waals surface area contributed by atoms with Crippen LogP contribution in [-0.4, -0.2) is 52.4 Å². The standard InChI is InChI=1S/C7H8N2O.2C2HF3O2/c1-8-7(10)6-4-2-3-5-9-6;2*3-2(4,5)1(6)7/h2-5H,1H3,(H,8,10);2*(H,6,7). The Bertz CT molecular complexity index is 520. The quantitative estimate of drug-likeness (QED) is 0.653. The van der Waals surface area contributed by atoms with Crippen LogP contribution in [0.25, 0.3) is 0 Å². The molecule has 0 atom stereocenters. The molecule has 0 aliphatic rings. The average molecular weight is 364 g/mol. The number of carboxylic acids is 2. The van der Waals surface area contributed by atoms with Gasteiger partial charge in [-0.15, -0.1) is 0 Å². The highest BCUT2D eigenvalue weighted by atomic mass is 19.4. The van der Waals surface area contributed by atoms with E-state index in [9.17, 15) is 31.1 Å². The Hall–Kier alpha value is -2.86. The van der Waals surface area contributed by atoms with Gasteiger partial charge in [-0.25, -0.2) is 9.59 Å². The average Bonchev–Trinajstić information content (AvgIpc) is 2.46. The number of hydrogen-bond donors (Lipinski definition) is 3. The lowest BCUT2D eigenvalue weighted by Gasteiger charge is -1.94. The second-order valence-corrected chi connectivity index (χ2v) is 3.40. The maximum Gasteiger partial charge on any atom is 0.490 e. The second kappa shape index (κ2) is 10.0. The van der Waals surface area contributed by atoms with Crippen LogP contribution in [0.2, 0.25) is 0 Å². The molecule has 7 nitrogen and oxygen atoms in total. The second-order valence-electron chi connectivity index (χ2n) is 3.40. The van der Waals surface area contributed by atoms with Crippen molar-refractivity contribution in [2.24, 2.45) is 0 Å². The Kier molecular flexibility index (Phi) is 9.77. The monoisotopic (exact) mass is 364 g/mol. The van der Waals surface area contributed by atoms with Crippen molar-refractivity contribution < 1.29 is 50.9 Å². The normalized spacial score (nSPS) is 10.3. The predicted octanol–water partition coefficient (Wildman–Crippen LogP) is 1.71. The first-order valence-corrected chi connectivity index (χ1v) is 5.46. The van der Waals surface area contributed by atoms with Gasteiger partial charge in [0.05, 0.1) is 0 Å². The van der Waals surface area contributed by atoms with E-state index in [1.54, 1.807) is 31.4 Å². The molecular formula is C11H10F6N2O5. The molecule has 1 amide bonds. The molecule has 1 heterocycles. The number of carboxylic acid groups (broad SMARTS) is 2. The molecule has 0 aromatic carbocycles. The van der Waals surface area contributed by atoms with Crippen LogP contribution in [0.3, 0.4) is 0 Å². The van der Waals surface area contributed by atoms with E-state index in [1.807, 2.05) is 0 Å². The van der Waals surface area contributed by atoms with Crippen molar-refractivity contribution >= 4 is 17.8 Å². The maximum absolute atomic E-state index is 10.8. The first kappa shape index (κ1) is 23.4. The Balaban J connectivity index is 0. The molecule has 0 aliphatic carbocycles. The minimum absolute atomic E-state index is 0.152. The fraction of sp³-hybridized carbons (Fsp3) is 0.273. The summed E-state index contributed by atoms with van der Waals surface area (Å²) in [7, 11) is 1.58. The number of carbonyl (C=O) groups excluding carboxylic acids is 1. The molecule has 136 valence electrons. The largest absolute Gasteiger partial charge is 0.490 e. The number of aromatic nitrogens is 1. The zero-order chi connectivity index (χ0) is 19.6. The molecule has 0 aliphatic heterocycles. The van der Waals surface area contributed by atoms with E-state index in [2.05, 4.69) is 10.3 Å². The van der Waals surface area contributed by atoms with Gasteiger partial charge in [-0.2, -0.15) is 26.3 Å². The highest BCUT2D eigenvalue weighted by Crippen LogP contribution is 2.13. The highest BCUT2D eigenvalue weighted by Gasteiger charge is 2.38. The molecule has 0 spiro atoms. The van der Waals surface area contributed by atoms with Crippen LogP contribution in [0.1, 0.15) is 10.5 Å². The zero-order valence-corrected chi connectivity index (χ0v) is 11.6. The number of amides is 1. The van der Waals surface area contributed by atoms with Gasteiger partial charge in [0.1, 0.15) is 5.69 Å². The van der Waals surface area contributed by atoms with Crippen LogP contribution in [0.5, 0.6) is 0 Å². The number of halogens is 6. The number of carbonyl (C=O) groups is 3. The van der Waals surface area contributed by atoms with Gasteiger partial charge >= 0.3 is 24.3 Å². The third-order valence-corrected chi connectivity index (χ3v) is 1.61. The molecule has 0 fully saturated rings. The Morgan fingerprint density at radius 1 is 0.958 bits per heavy atom. The van der Waals surface area contributed by atoms with Crippen molar-refractivity contribution in [1.29, 1.82) is 0 Å². The van der Waals surface area contributed by atoms with E-state index in [0.717, 1.165) is 0 Å². The zero-order valence-electron chi connectivity index (χ0n) is 11.6. The SMILES string of the molecule is CNC(=O)c1ccccn1.O=C(O)C(F)(F)F.O=C(O)C(F)(F)F. The van der Waals surface area contributed by atoms with Gasteiger partial charge in [0, 0.05) is 13.2 Å². The predicted molar refractivity (Wildman–Crippen MR) is 65.0 cm³/mol. The summed E-state index contributed by atoms with van der Waals surface area (Å²) in [6.07, 6.45) is -8.58. The van der Waals surface area contributed by atoms with Crippen LogP contribution in [0.15, 0.2) is 24.4 Å². The van der Waals surface area contributed by atoms with Crippen molar-refractivity contribution in [3.05, 3.63) is 30.1 Å². The number of rotatable bonds is 1. The fourth-order valence-corrected chi connectivity index (χ4v) is 0.625. The van der Waals surface area contributed by atoms with Gasteiger partial charge in [0.15, 0.2) is 0 Å². The van der Waals surface area contributed by atoms with Gasteiger partial charge < -0.3 is 15.5 Å². The van der Waals surface area contributed by atoms with E-state index < -0.39 is 24.3 Å². The lowest BCUT2D eigenvalue weighted by molar-refractivity contribution is -0.193. The number of nitrogens with one attached hydrogen (secondary N) is 1. The molecule has 3 N–H and O–H groups in total. The summed E-state index contributed by atoms with van der Waals surface area (Å²) < 4.78 is 63.5. The number of pyridine rings is 1. The molecule has 24 heavy (non-hydrogen) atoms. The van der Waals surface area contributed by atoms with Crippen molar-refractivity contribution in [3.8, 4) is 0 Å². The molecule has 13 heteroatoms. The summed E-state index contributed by atoms with van der Waals surface area (Å²) in [5.41, 5.74) is 0.449. The van der Waals surface area contributed by atoms with Crippen molar-refractivity contribution in [2.45, 2.75) is 12.4 Å². The van der Waals surface area contributed by atoms with Crippen LogP contribution in [-0.2, 0) is 9.59 Å². The highest BCUT2D eigenvalue weighted by molar-refractivity contribution is 5.91. The third-order valence-electron chi connectivity index (χ3n) is 1.61. The molecule has 1 aromatic rings. The summed E-state index contributed by atoms with van der Waals surface area (Å²) in [5.74, 6) is -5.67. The molecule has 1 rings (SSSR count). The van der Waals surface area contributed by atoms with Crippen LogP contribution in [0.4, 0.5) is 26.3 Å². The van der Waals surface area contributed by atoms with Crippen LogP contribution >= 0.6 is 0 Å². The number of hydrogen-bond acceptors (Lipinski definition) is 4. The van der Waals surface area contributed by atoms with Crippen LogP contribution < -0.4 is 5.32 Å². The van der Waals surface area contributed by atoms with E-state index >= 15 is 0 Å². The maximum atomic E-state index is 10.8. The topological polar surface area (TPSA) is 117 Å². The summed E-state index contributed by atoms with van der Waals surface area (Å²) in [4.78, 5) is 32.5. The lowest BCUT2D eigenvalue weighted by atomic mass is 10.3. The fourth-order valence-electron chi connectivity index (χ4n) is 0.625. The van der Waals surface area contributed by atoms with Crippen LogP contribution in [0, 0.1) is 0 Å². The Morgan fingerprint density at radius 3 is 1.54 bits per heavy atom. The van der Waals surface area contributed by atoms with Crippen molar-refractivity contribution in [2.75, 3.05) is 7.05 Å². The number of nitrogens with zero attached hydrogens (tertiary/aromatic N) is 1. The van der Waals surface area contributed by atoms with Crippen molar-refractivity contribution in [3.63, 3.8) is 0 Å². The summed E-state index contributed by atoms with van der Waals surface area (Å²) in [5, 5.41) is 16.7. The van der Waals surface area contributed by atoms with Crippen molar-refractivity contribution in [1.82, 2.24) is 10.3 Å². The Morgan fingerprint density at radius 2 is 1.33 bits per heavy atom.